The van der Waals surface area contributed by atoms with E-state index < -0.39 is 6.09 Å². The van der Waals surface area contributed by atoms with E-state index in [9.17, 15) is 4.79 Å². The lowest BCUT2D eigenvalue weighted by Crippen LogP contribution is -2.39. The second-order valence-electron chi connectivity index (χ2n) is 4.52. The Hall–Kier alpha value is -2.20. The van der Waals surface area contributed by atoms with Crippen LogP contribution in [0.5, 0.6) is 0 Å². The van der Waals surface area contributed by atoms with E-state index in [0.717, 1.165) is 24.8 Å². The monoisotopic (exact) mass is 260 g/mol. The highest BCUT2D eigenvalue weighted by molar-refractivity contribution is 5.67. The molecule has 1 aromatic carbocycles. The van der Waals surface area contributed by atoms with Crippen molar-refractivity contribution in [2.45, 2.75) is 38.0 Å². The molecular formula is C13H16N4O2. The lowest BCUT2D eigenvalue weighted by Gasteiger charge is -2.16. The molecule has 0 radical (unpaired) electrons. The predicted octanol–water partition coefficient (Wildman–Crippen LogP) is 3.14. The van der Waals surface area contributed by atoms with Crippen LogP contribution in [0.1, 0.15) is 24.8 Å². The molecule has 2 atom stereocenters. The van der Waals surface area contributed by atoms with E-state index in [-0.39, 0.29) is 18.7 Å². The molecule has 1 aliphatic rings. The van der Waals surface area contributed by atoms with Crippen molar-refractivity contribution in [1.82, 2.24) is 5.32 Å². The molecular weight excluding hydrogens is 244 g/mol. The van der Waals surface area contributed by atoms with Gasteiger partial charge in [-0.25, -0.2) is 4.79 Å². The summed E-state index contributed by atoms with van der Waals surface area (Å²) in [5, 5.41) is 6.44. The van der Waals surface area contributed by atoms with Crippen molar-refractivity contribution in [3.63, 3.8) is 0 Å². The first-order valence-corrected chi connectivity index (χ1v) is 6.31. The summed E-state index contributed by atoms with van der Waals surface area (Å²) in [7, 11) is 0. The van der Waals surface area contributed by atoms with Crippen molar-refractivity contribution in [2.75, 3.05) is 0 Å². The third-order valence-corrected chi connectivity index (χ3v) is 3.20. The lowest BCUT2D eigenvalue weighted by atomic mass is 10.2. The summed E-state index contributed by atoms with van der Waals surface area (Å²) >= 11 is 0. The molecule has 2 rings (SSSR count). The van der Waals surface area contributed by atoms with Gasteiger partial charge in [0.2, 0.25) is 0 Å². The third kappa shape index (κ3) is 3.89. The summed E-state index contributed by atoms with van der Waals surface area (Å²) < 4.78 is 5.13. The SMILES string of the molecule is [N-]=[N+]=NC1CCCC1NC(=O)OCc1ccccc1. The standard InChI is InChI=1S/C13H16N4O2/c14-17-16-12-8-4-7-11(12)15-13(18)19-9-10-5-2-1-3-6-10/h1-3,5-6,11-12H,4,7-9H2,(H,15,18). The maximum Gasteiger partial charge on any atom is 0.407 e. The topological polar surface area (TPSA) is 87.1 Å². The zero-order chi connectivity index (χ0) is 13.5. The number of nitrogens with zero attached hydrogens (tertiary/aromatic N) is 3. The zero-order valence-electron chi connectivity index (χ0n) is 10.5. The van der Waals surface area contributed by atoms with Crippen LogP contribution < -0.4 is 5.32 Å². The molecule has 6 nitrogen and oxygen atoms in total. The Bertz CT molecular complexity index is 471. The van der Waals surface area contributed by atoms with E-state index in [1.165, 1.54) is 0 Å². The van der Waals surface area contributed by atoms with Crippen LogP contribution in [0.4, 0.5) is 4.79 Å². The predicted molar refractivity (Wildman–Crippen MR) is 70.3 cm³/mol. The maximum atomic E-state index is 11.7. The van der Waals surface area contributed by atoms with Crippen molar-refractivity contribution < 1.29 is 9.53 Å². The third-order valence-electron chi connectivity index (χ3n) is 3.20. The molecule has 0 bridgehead atoms. The molecule has 19 heavy (non-hydrogen) atoms. The molecule has 0 aliphatic heterocycles. The lowest BCUT2D eigenvalue weighted by molar-refractivity contribution is 0.135. The first-order chi connectivity index (χ1) is 9.29. The molecule has 1 amide bonds. The fraction of sp³-hybridized carbons (Fsp3) is 0.462. The van der Waals surface area contributed by atoms with Gasteiger partial charge < -0.3 is 10.1 Å². The zero-order valence-corrected chi connectivity index (χ0v) is 10.5. The van der Waals surface area contributed by atoms with Crippen molar-refractivity contribution in [1.29, 1.82) is 0 Å². The largest absolute Gasteiger partial charge is 0.445 e. The Morgan fingerprint density at radius 2 is 2.21 bits per heavy atom. The Morgan fingerprint density at radius 1 is 1.42 bits per heavy atom. The van der Waals surface area contributed by atoms with Crippen LogP contribution >= 0.6 is 0 Å². The van der Waals surface area contributed by atoms with Gasteiger partial charge in [0, 0.05) is 11.0 Å². The Morgan fingerprint density at radius 3 is 2.95 bits per heavy atom. The van der Waals surface area contributed by atoms with E-state index in [1.54, 1.807) is 0 Å². The van der Waals surface area contributed by atoms with E-state index in [1.807, 2.05) is 30.3 Å². The molecule has 6 heteroatoms. The number of nitrogens with one attached hydrogen (secondary N) is 1. The van der Waals surface area contributed by atoms with Crippen LogP contribution in [0, 0.1) is 0 Å². The molecule has 100 valence electrons. The van der Waals surface area contributed by atoms with Gasteiger partial charge in [-0.1, -0.05) is 41.9 Å². The summed E-state index contributed by atoms with van der Waals surface area (Å²) in [6.45, 7) is 0.242. The second-order valence-corrected chi connectivity index (χ2v) is 4.52. The first kappa shape index (κ1) is 13.2. The minimum Gasteiger partial charge on any atom is -0.445 e. The molecule has 1 N–H and O–H groups in total. The highest BCUT2D eigenvalue weighted by Crippen LogP contribution is 2.22. The Balaban J connectivity index is 1.79. The molecule has 0 heterocycles. The summed E-state index contributed by atoms with van der Waals surface area (Å²) in [5.74, 6) is 0. The highest BCUT2D eigenvalue weighted by Gasteiger charge is 2.27. The minimum absolute atomic E-state index is 0.112. The number of azide groups is 1. The van der Waals surface area contributed by atoms with E-state index in [2.05, 4.69) is 15.3 Å². The quantitative estimate of drug-likeness (QED) is 0.512. The highest BCUT2D eigenvalue weighted by atomic mass is 16.5. The van der Waals surface area contributed by atoms with Crippen LogP contribution in [-0.4, -0.2) is 18.2 Å². The summed E-state index contributed by atoms with van der Waals surface area (Å²) in [6, 6.07) is 9.22. The van der Waals surface area contributed by atoms with Gasteiger partial charge in [-0.05, 0) is 23.9 Å². The number of carbonyl (C=O) groups is 1. The molecule has 1 fully saturated rings. The van der Waals surface area contributed by atoms with Gasteiger partial charge in [0.25, 0.3) is 0 Å². The first-order valence-electron chi connectivity index (χ1n) is 6.31. The molecule has 1 aromatic rings. The van der Waals surface area contributed by atoms with Crippen LogP contribution in [0.2, 0.25) is 0 Å². The Labute approximate surface area is 111 Å². The van der Waals surface area contributed by atoms with E-state index in [4.69, 9.17) is 10.3 Å². The van der Waals surface area contributed by atoms with Crippen LogP contribution in [-0.2, 0) is 11.3 Å². The average Bonchev–Trinajstić information content (AvgIpc) is 2.85. The molecule has 0 saturated heterocycles. The van der Waals surface area contributed by atoms with Gasteiger partial charge in [-0.2, -0.15) is 0 Å². The van der Waals surface area contributed by atoms with E-state index in [0.29, 0.717) is 0 Å². The summed E-state index contributed by atoms with van der Waals surface area (Å²) in [6.07, 6.45) is 2.12. The minimum atomic E-state index is -0.464. The molecule has 0 spiro atoms. The van der Waals surface area contributed by atoms with Gasteiger partial charge >= 0.3 is 6.09 Å². The van der Waals surface area contributed by atoms with Crippen molar-refractivity contribution in [3.05, 3.63) is 46.3 Å². The van der Waals surface area contributed by atoms with Crippen molar-refractivity contribution in [3.8, 4) is 0 Å². The number of alkyl carbamates (subject to hydrolysis) is 1. The van der Waals surface area contributed by atoms with Crippen molar-refractivity contribution in [2.24, 2.45) is 5.11 Å². The fourth-order valence-corrected chi connectivity index (χ4v) is 2.23. The van der Waals surface area contributed by atoms with Crippen molar-refractivity contribution >= 4 is 6.09 Å². The number of carbonyl (C=O) groups excluding carboxylic acids is 1. The summed E-state index contributed by atoms with van der Waals surface area (Å²) in [4.78, 5) is 14.5. The maximum absolute atomic E-state index is 11.7. The molecule has 2 unspecified atom stereocenters. The number of benzene rings is 1. The number of hydrogen-bond acceptors (Lipinski definition) is 3. The van der Waals surface area contributed by atoms with Gasteiger partial charge in [0.05, 0.1) is 6.04 Å². The molecule has 0 aromatic heterocycles. The second kappa shape index (κ2) is 6.66. The molecule has 1 saturated carbocycles. The number of ether oxygens (including phenoxy) is 1. The smallest absolute Gasteiger partial charge is 0.407 e. The normalized spacial score (nSPS) is 21.5. The summed E-state index contributed by atoms with van der Waals surface area (Å²) in [5.41, 5.74) is 9.39. The van der Waals surface area contributed by atoms with Gasteiger partial charge in [0.1, 0.15) is 6.61 Å². The molecule has 1 aliphatic carbocycles. The average molecular weight is 260 g/mol. The van der Waals surface area contributed by atoms with Crippen LogP contribution in [0.15, 0.2) is 35.4 Å². The fourth-order valence-electron chi connectivity index (χ4n) is 2.23. The number of rotatable bonds is 4. The number of hydrogen-bond donors (Lipinski definition) is 1. The van der Waals surface area contributed by atoms with Crippen LogP contribution in [0.25, 0.3) is 10.4 Å². The number of amides is 1. The van der Waals surface area contributed by atoms with Gasteiger partial charge in [0.15, 0.2) is 0 Å². The van der Waals surface area contributed by atoms with Gasteiger partial charge in [-0.15, -0.1) is 0 Å². The van der Waals surface area contributed by atoms with Gasteiger partial charge in [-0.3, -0.25) is 0 Å². The van der Waals surface area contributed by atoms with E-state index >= 15 is 0 Å². The Kier molecular flexibility index (Phi) is 4.64. The van der Waals surface area contributed by atoms with Crippen LogP contribution in [0.3, 0.4) is 0 Å².